The number of benzene rings is 1. The van der Waals surface area contributed by atoms with Gasteiger partial charge in [0, 0.05) is 13.2 Å². The van der Waals surface area contributed by atoms with Crippen molar-refractivity contribution in [3.8, 4) is 5.75 Å². The van der Waals surface area contributed by atoms with E-state index in [0.29, 0.717) is 31.1 Å². The molecule has 0 aliphatic carbocycles. The van der Waals surface area contributed by atoms with Gasteiger partial charge in [-0.3, -0.25) is 9.10 Å². The van der Waals surface area contributed by atoms with Gasteiger partial charge in [0.1, 0.15) is 11.9 Å². The third kappa shape index (κ3) is 4.85. The third-order valence-electron chi connectivity index (χ3n) is 3.67. The Hall–Kier alpha value is -1.80. The first-order valence-electron chi connectivity index (χ1n) is 8.02. The Morgan fingerprint density at radius 3 is 2.79 bits per heavy atom. The van der Waals surface area contributed by atoms with Crippen LogP contribution >= 0.6 is 0 Å². The second-order valence-electron chi connectivity index (χ2n) is 5.53. The zero-order chi connectivity index (χ0) is 17.6. The minimum atomic E-state index is -3.50. The van der Waals surface area contributed by atoms with E-state index >= 15 is 0 Å². The Morgan fingerprint density at radius 2 is 2.17 bits per heavy atom. The molecular formula is C16H24N2O5S. The molecule has 8 heteroatoms. The first-order valence-corrected chi connectivity index (χ1v) is 9.87. The van der Waals surface area contributed by atoms with Gasteiger partial charge in [0.2, 0.25) is 15.9 Å². The number of anilines is 1. The van der Waals surface area contributed by atoms with Crippen LogP contribution in [0, 0.1) is 0 Å². The largest absolute Gasteiger partial charge is 0.492 e. The van der Waals surface area contributed by atoms with E-state index in [1.54, 1.807) is 24.3 Å². The van der Waals surface area contributed by atoms with Crippen LogP contribution < -0.4 is 14.4 Å². The average molecular weight is 356 g/mol. The summed E-state index contributed by atoms with van der Waals surface area (Å²) < 4.78 is 36.4. The van der Waals surface area contributed by atoms with Crippen LogP contribution in [-0.4, -0.2) is 53.0 Å². The molecule has 0 aromatic heterocycles. The first kappa shape index (κ1) is 18.5. The van der Waals surface area contributed by atoms with Gasteiger partial charge in [-0.05, 0) is 31.9 Å². The van der Waals surface area contributed by atoms with Gasteiger partial charge in [-0.1, -0.05) is 12.1 Å². The average Bonchev–Trinajstić information content (AvgIpc) is 3.06. The van der Waals surface area contributed by atoms with Gasteiger partial charge in [0.05, 0.1) is 25.1 Å². The quantitative estimate of drug-likeness (QED) is 0.755. The molecule has 0 saturated carbocycles. The van der Waals surface area contributed by atoms with Crippen LogP contribution in [-0.2, 0) is 19.6 Å². The summed E-state index contributed by atoms with van der Waals surface area (Å²) in [4.78, 5) is 12.0. The van der Waals surface area contributed by atoms with E-state index in [1.807, 2.05) is 6.92 Å². The molecule has 0 spiro atoms. The number of amides is 1. The molecule has 1 N–H and O–H groups in total. The van der Waals surface area contributed by atoms with Crippen LogP contribution in [0.3, 0.4) is 0 Å². The molecule has 1 aromatic rings. The Kier molecular flexibility index (Phi) is 6.44. The number of hydrogen-bond acceptors (Lipinski definition) is 5. The molecule has 7 nitrogen and oxygen atoms in total. The molecule has 24 heavy (non-hydrogen) atoms. The molecule has 1 heterocycles. The summed E-state index contributed by atoms with van der Waals surface area (Å²) in [5, 5.41) is 2.74. The van der Waals surface area contributed by atoms with Gasteiger partial charge >= 0.3 is 0 Å². The van der Waals surface area contributed by atoms with Crippen molar-refractivity contribution in [3.05, 3.63) is 24.3 Å². The minimum absolute atomic E-state index is 0.126. The minimum Gasteiger partial charge on any atom is -0.492 e. The molecule has 1 saturated heterocycles. The summed E-state index contributed by atoms with van der Waals surface area (Å²) in [5.74, 6) is 0.301. The molecular weight excluding hydrogens is 332 g/mol. The Balaban J connectivity index is 2.05. The van der Waals surface area contributed by atoms with Crippen molar-refractivity contribution in [1.29, 1.82) is 0 Å². The van der Waals surface area contributed by atoms with Crippen molar-refractivity contribution in [2.75, 3.05) is 36.9 Å². The second kappa shape index (κ2) is 8.34. The molecule has 2 rings (SSSR count). The maximum absolute atomic E-state index is 12.2. The number of carbonyl (C=O) groups is 1. The van der Waals surface area contributed by atoms with Crippen molar-refractivity contribution in [2.45, 2.75) is 25.9 Å². The molecule has 1 aromatic carbocycles. The number of para-hydroxylation sites is 2. The predicted molar refractivity (Wildman–Crippen MR) is 91.8 cm³/mol. The van der Waals surface area contributed by atoms with Crippen molar-refractivity contribution in [2.24, 2.45) is 0 Å². The van der Waals surface area contributed by atoms with Gasteiger partial charge in [-0.25, -0.2) is 8.42 Å². The highest BCUT2D eigenvalue weighted by molar-refractivity contribution is 7.92. The van der Waals surface area contributed by atoms with E-state index in [2.05, 4.69) is 5.32 Å². The van der Waals surface area contributed by atoms with Gasteiger partial charge < -0.3 is 14.8 Å². The second-order valence-corrected chi connectivity index (χ2v) is 7.44. The van der Waals surface area contributed by atoms with Crippen molar-refractivity contribution >= 4 is 21.6 Å². The Bertz CT molecular complexity index is 656. The lowest BCUT2D eigenvalue weighted by molar-refractivity contribution is -0.129. The molecule has 1 aliphatic heterocycles. The molecule has 1 amide bonds. The number of nitrogens with one attached hydrogen (secondary N) is 1. The summed E-state index contributed by atoms with van der Waals surface area (Å²) in [6, 6.07) is 6.95. The SMILES string of the molecule is CCOc1ccccc1N(CCNC(=O)C1CCCO1)S(C)(=O)=O. The zero-order valence-electron chi connectivity index (χ0n) is 14.0. The van der Waals surface area contributed by atoms with E-state index in [-0.39, 0.29) is 19.0 Å². The van der Waals surface area contributed by atoms with Crippen molar-refractivity contribution in [1.82, 2.24) is 5.32 Å². The Morgan fingerprint density at radius 1 is 1.42 bits per heavy atom. The van der Waals surface area contributed by atoms with Crippen LogP contribution in [0.15, 0.2) is 24.3 Å². The normalized spacial score (nSPS) is 17.5. The highest BCUT2D eigenvalue weighted by Gasteiger charge is 2.25. The van der Waals surface area contributed by atoms with E-state index < -0.39 is 16.1 Å². The van der Waals surface area contributed by atoms with Crippen molar-refractivity contribution < 1.29 is 22.7 Å². The maximum Gasteiger partial charge on any atom is 0.249 e. The topological polar surface area (TPSA) is 84.9 Å². The molecule has 1 atom stereocenters. The number of nitrogens with zero attached hydrogens (tertiary/aromatic N) is 1. The van der Waals surface area contributed by atoms with Crippen LogP contribution in [0.2, 0.25) is 0 Å². The van der Waals surface area contributed by atoms with E-state index in [1.165, 1.54) is 4.31 Å². The fourth-order valence-electron chi connectivity index (χ4n) is 2.58. The predicted octanol–water partition coefficient (Wildman–Crippen LogP) is 1.15. The fraction of sp³-hybridized carbons (Fsp3) is 0.562. The molecule has 1 unspecified atom stereocenters. The lowest BCUT2D eigenvalue weighted by atomic mass is 10.2. The number of rotatable bonds is 8. The lowest BCUT2D eigenvalue weighted by Crippen LogP contribution is -2.41. The van der Waals surface area contributed by atoms with Gasteiger partial charge in [-0.15, -0.1) is 0 Å². The summed E-state index contributed by atoms with van der Waals surface area (Å²) in [6.07, 6.45) is 2.29. The smallest absolute Gasteiger partial charge is 0.249 e. The van der Waals surface area contributed by atoms with E-state index in [4.69, 9.17) is 9.47 Å². The highest BCUT2D eigenvalue weighted by atomic mass is 32.2. The summed E-state index contributed by atoms with van der Waals surface area (Å²) >= 11 is 0. The summed E-state index contributed by atoms with van der Waals surface area (Å²) in [6.45, 7) is 3.19. The molecule has 0 radical (unpaired) electrons. The van der Waals surface area contributed by atoms with E-state index in [9.17, 15) is 13.2 Å². The summed E-state index contributed by atoms with van der Waals surface area (Å²) in [7, 11) is -3.50. The monoisotopic (exact) mass is 356 g/mol. The van der Waals surface area contributed by atoms with Gasteiger partial charge in [0.25, 0.3) is 0 Å². The Labute approximate surface area is 143 Å². The lowest BCUT2D eigenvalue weighted by Gasteiger charge is -2.25. The standard InChI is InChI=1S/C16H24N2O5S/c1-3-22-14-8-5-4-7-13(14)18(24(2,20)21)11-10-17-16(19)15-9-6-12-23-15/h4-5,7-8,15H,3,6,9-12H2,1-2H3,(H,17,19). The maximum atomic E-state index is 12.2. The fourth-order valence-corrected chi connectivity index (χ4v) is 3.52. The zero-order valence-corrected chi connectivity index (χ0v) is 14.8. The van der Waals surface area contributed by atoms with Crippen LogP contribution in [0.25, 0.3) is 0 Å². The number of ether oxygens (including phenoxy) is 2. The molecule has 1 aliphatic rings. The summed E-state index contributed by atoms with van der Waals surface area (Å²) in [5.41, 5.74) is 0.466. The van der Waals surface area contributed by atoms with Crippen LogP contribution in [0.4, 0.5) is 5.69 Å². The number of hydrogen-bond donors (Lipinski definition) is 1. The van der Waals surface area contributed by atoms with Crippen LogP contribution in [0.1, 0.15) is 19.8 Å². The number of sulfonamides is 1. The molecule has 134 valence electrons. The van der Waals surface area contributed by atoms with E-state index in [0.717, 1.165) is 12.7 Å². The van der Waals surface area contributed by atoms with Crippen LogP contribution in [0.5, 0.6) is 5.75 Å². The molecule has 1 fully saturated rings. The van der Waals surface area contributed by atoms with Crippen molar-refractivity contribution in [3.63, 3.8) is 0 Å². The third-order valence-corrected chi connectivity index (χ3v) is 4.85. The van der Waals surface area contributed by atoms with Gasteiger partial charge in [-0.2, -0.15) is 0 Å². The number of carbonyl (C=O) groups excluding carboxylic acids is 1. The molecule has 0 bridgehead atoms. The highest BCUT2D eigenvalue weighted by Crippen LogP contribution is 2.29. The first-order chi connectivity index (χ1) is 11.4. The van der Waals surface area contributed by atoms with Gasteiger partial charge in [0.15, 0.2) is 0 Å².